The Bertz CT molecular complexity index is 401. The van der Waals surface area contributed by atoms with Crippen molar-refractivity contribution in [1.29, 1.82) is 0 Å². The summed E-state index contributed by atoms with van der Waals surface area (Å²) in [6.45, 7) is 3.32. The highest BCUT2D eigenvalue weighted by molar-refractivity contribution is 5.97. The number of carbonyl (C=O) groups is 1. The van der Waals surface area contributed by atoms with Crippen molar-refractivity contribution in [2.24, 2.45) is 5.73 Å². The summed E-state index contributed by atoms with van der Waals surface area (Å²) in [7, 11) is 0. The van der Waals surface area contributed by atoms with E-state index in [-0.39, 0.29) is 19.0 Å². The minimum absolute atomic E-state index is 0.136. The number of carbonyl (C=O) groups excluding carboxylic acids is 1. The first kappa shape index (κ1) is 14.6. The van der Waals surface area contributed by atoms with Crippen LogP contribution >= 0.6 is 0 Å². The van der Waals surface area contributed by atoms with Crippen LogP contribution in [-0.2, 0) is 0 Å². The zero-order chi connectivity index (χ0) is 13.7. The number of hydrogen-bond donors (Lipinski definition) is 1. The molecule has 0 radical (unpaired) electrons. The van der Waals surface area contributed by atoms with Crippen LogP contribution < -0.4 is 5.73 Å². The fraction of sp³-hybridized carbons (Fsp3) is 0.462. The first-order valence-corrected chi connectivity index (χ1v) is 5.81. The van der Waals surface area contributed by atoms with Gasteiger partial charge in [0.05, 0.1) is 6.54 Å². The van der Waals surface area contributed by atoms with Gasteiger partial charge in [-0.3, -0.25) is 4.79 Å². The molecular weight excluding hydrogens is 238 g/mol. The summed E-state index contributed by atoms with van der Waals surface area (Å²) in [5.74, 6) is -0.378. The Morgan fingerprint density at radius 3 is 2.33 bits per heavy atom. The predicted octanol–water partition coefficient (Wildman–Crippen LogP) is 1.97. The predicted molar refractivity (Wildman–Crippen MR) is 66.9 cm³/mol. The highest BCUT2D eigenvalue weighted by Gasteiger charge is 2.21. The largest absolute Gasteiger partial charge is 0.332 e. The molecule has 0 spiro atoms. The molecule has 1 amide bonds. The van der Waals surface area contributed by atoms with Gasteiger partial charge in [0.15, 0.2) is 0 Å². The number of aryl methyl sites for hydroxylation is 2. The van der Waals surface area contributed by atoms with Crippen molar-refractivity contribution < 1.29 is 13.6 Å². The number of nitrogens with two attached hydrogens (primary N) is 1. The van der Waals surface area contributed by atoms with Gasteiger partial charge in [0.1, 0.15) is 0 Å². The van der Waals surface area contributed by atoms with Crippen molar-refractivity contribution in [2.45, 2.75) is 20.3 Å². The number of halogens is 2. The van der Waals surface area contributed by atoms with Gasteiger partial charge in [0, 0.05) is 18.7 Å². The standard InChI is InChI=1S/C13H18F2N2O/c1-9-4-3-5-10(2)12(9)13(18)17(7-6-16)8-11(14)15/h3-5,11H,6-8,16H2,1-2H3. The molecule has 0 aromatic heterocycles. The molecule has 1 aromatic rings. The lowest BCUT2D eigenvalue weighted by molar-refractivity contribution is 0.0561. The smallest absolute Gasteiger partial charge is 0.255 e. The average Bonchev–Trinajstić information content (AvgIpc) is 2.27. The number of hydrogen-bond acceptors (Lipinski definition) is 2. The average molecular weight is 256 g/mol. The van der Waals surface area contributed by atoms with Crippen molar-refractivity contribution in [3.63, 3.8) is 0 Å². The third-order valence-corrected chi connectivity index (χ3v) is 2.74. The zero-order valence-electron chi connectivity index (χ0n) is 10.6. The zero-order valence-corrected chi connectivity index (χ0v) is 10.6. The lowest BCUT2D eigenvalue weighted by atomic mass is 10.0. The number of rotatable bonds is 5. The first-order chi connectivity index (χ1) is 8.47. The van der Waals surface area contributed by atoms with Crippen LogP contribution in [0.5, 0.6) is 0 Å². The SMILES string of the molecule is Cc1cccc(C)c1C(=O)N(CCN)CC(F)F. The maximum absolute atomic E-state index is 12.5. The van der Waals surface area contributed by atoms with E-state index < -0.39 is 13.0 Å². The first-order valence-electron chi connectivity index (χ1n) is 5.81. The molecule has 0 bridgehead atoms. The minimum Gasteiger partial charge on any atom is -0.332 e. The molecule has 0 heterocycles. The van der Waals surface area contributed by atoms with E-state index in [4.69, 9.17) is 5.73 Å². The summed E-state index contributed by atoms with van der Waals surface area (Å²) in [6, 6.07) is 5.42. The van der Waals surface area contributed by atoms with Gasteiger partial charge < -0.3 is 10.6 Å². The number of nitrogens with zero attached hydrogens (tertiary/aromatic N) is 1. The molecule has 0 aliphatic rings. The lowest BCUT2D eigenvalue weighted by Crippen LogP contribution is -2.39. The molecule has 0 atom stereocenters. The Kier molecular flexibility index (Phi) is 5.22. The van der Waals surface area contributed by atoms with Crippen molar-refractivity contribution in [3.8, 4) is 0 Å². The van der Waals surface area contributed by atoms with E-state index in [1.165, 1.54) is 0 Å². The molecule has 0 saturated carbocycles. The molecule has 1 aromatic carbocycles. The van der Waals surface area contributed by atoms with Gasteiger partial charge in [-0.1, -0.05) is 18.2 Å². The molecule has 0 aliphatic heterocycles. The highest BCUT2D eigenvalue weighted by atomic mass is 19.3. The monoisotopic (exact) mass is 256 g/mol. The minimum atomic E-state index is -2.55. The quantitative estimate of drug-likeness (QED) is 0.875. The molecular formula is C13H18F2N2O. The van der Waals surface area contributed by atoms with Crippen LogP contribution in [0.15, 0.2) is 18.2 Å². The maximum Gasteiger partial charge on any atom is 0.255 e. The summed E-state index contributed by atoms with van der Waals surface area (Å²) >= 11 is 0. The Morgan fingerprint density at radius 2 is 1.89 bits per heavy atom. The Morgan fingerprint density at radius 1 is 1.33 bits per heavy atom. The van der Waals surface area contributed by atoms with Gasteiger partial charge in [0.2, 0.25) is 0 Å². The summed E-state index contributed by atoms with van der Waals surface area (Å²) in [4.78, 5) is 13.4. The van der Waals surface area contributed by atoms with Crippen LogP contribution in [0, 0.1) is 13.8 Å². The van der Waals surface area contributed by atoms with E-state index in [1.54, 1.807) is 26.0 Å². The molecule has 0 aliphatic carbocycles. The molecule has 3 nitrogen and oxygen atoms in total. The fourth-order valence-electron chi connectivity index (χ4n) is 1.91. The van der Waals surface area contributed by atoms with Crippen molar-refractivity contribution >= 4 is 5.91 Å². The molecule has 1 rings (SSSR count). The molecule has 0 fully saturated rings. The van der Waals surface area contributed by atoms with E-state index in [2.05, 4.69) is 0 Å². The van der Waals surface area contributed by atoms with Gasteiger partial charge in [-0.05, 0) is 25.0 Å². The second kappa shape index (κ2) is 6.44. The number of amides is 1. The van der Waals surface area contributed by atoms with E-state index in [0.717, 1.165) is 16.0 Å². The van der Waals surface area contributed by atoms with Gasteiger partial charge in [0.25, 0.3) is 12.3 Å². The molecule has 2 N–H and O–H groups in total. The Hall–Kier alpha value is -1.49. The Labute approximate surface area is 106 Å². The molecule has 0 unspecified atom stereocenters. The fourth-order valence-corrected chi connectivity index (χ4v) is 1.91. The van der Waals surface area contributed by atoms with Crippen LogP contribution in [0.1, 0.15) is 21.5 Å². The Balaban J connectivity index is 3.01. The topological polar surface area (TPSA) is 46.3 Å². The lowest BCUT2D eigenvalue weighted by Gasteiger charge is -2.23. The van der Waals surface area contributed by atoms with Crippen LogP contribution in [-0.4, -0.2) is 36.9 Å². The second-order valence-electron chi connectivity index (χ2n) is 4.20. The summed E-state index contributed by atoms with van der Waals surface area (Å²) in [5.41, 5.74) is 7.43. The van der Waals surface area contributed by atoms with Gasteiger partial charge in [-0.25, -0.2) is 8.78 Å². The number of benzene rings is 1. The summed E-state index contributed by atoms with van der Waals surface area (Å²) < 4.78 is 24.9. The van der Waals surface area contributed by atoms with Crippen molar-refractivity contribution in [2.75, 3.05) is 19.6 Å². The maximum atomic E-state index is 12.5. The van der Waals surface area contributed by atoms with Crippen LogP contribution in [0.4, 0.5) is 8.78 Å². The van der Waals surface area contributed by atoms with Crippen LogP contribution in [0.3, 0.4) is 0 Å². The second-order valence-corrected chi connectivity index (χ2v) is 4.20. The van der Waals surface area contributed by atoms with Gasteiger partial charge in [-0.15, -0.1) is 0 Å². The molecule has 0 saturated heterocycles. The van der Waals surface area contributed by atoms with E-state index in [1.807, 2.05) is 6.07 Å². The molecule has 5 heteroatoms. The third kappa shape index (κ3) is 3.50. The van der Waals surface area contributed by atoms with Crippen LogP contribution in [0.25, 0.3) is 0 Å². The van der Waals surface area contributed by atoms with E-state index in [9.17, 15) is 13.6 Å². The van der Waals surface area contributed by atoms with E-state index >= 15 is 0 Å². The van der Waals surface area contributed by atoms with Gasteiger partial charge in [-0.2, -0.15) is 0 Å². The van der Waals surface area contributed by atoms with E-state index in [0.29, 0.717) is 5.56 Å². The van der Waals surface area contributed by atoms with Crippen molar-refractivity contribution in [1.82, 2.24) is 4.90 Å². The summed E-state index contributed by atoms with van der Waals surface area (Å²) in [5, 5.41) is 0. The van der Waals surface area contributed by atoms with Crippen LogP contribution in [0.2, 0.25) is 0 Å². The molecule has 100 valence electrons. The van der Waals surface area contributed by atoms with Gasteiger partial charge >= 0.3 is 0 Å². The van der Waals surface area contributed by atoms with Crippen molar-refractivity contribution in [3.05, 3.63) is 34.9 Å². The molecule has 18 heavy (non-hydrogen) atoms. The normalized spacial score (nSPS) is 10.8. The third-order valence-electron chi connectivity index (χ3n) is 2.74. The summed E-state index contributed by atoms with van der Waals surface area (Å²) in [6.07, 6.45) is -2.55. The highest BCUT2D eigenvalue weighted by Crippen LogP contribution is 2.16. The number of alkyl halides is 2.